The second-order valence-electron chi connectivity index (χ2n) is 9.36. The van der Waals surface area contributed by atoms with E-state index >= 15 is 0 Å². The number of carbonyl (C=O) groups is 2. The van der Waals surface area contributed by atoms with Crippen molar-refractivity contribution < 1.29 is 33.3 Å². The van der Waals surface area contributed by atoms with Gasteiger partial charge < -0.3 is 23.7 Å². The molecule has 0 bridgehead atoms. The minimum absolute atomic E-state index is 0.00311. The van der Waals surface area contributed by atoms with Gasteiger partial charge in [0.25, 0.3) is 0 Å². The molecule has 0 amide bonds. The lowest BCUT2D eigenvalue weighted by Gasteiger charge is -2.48. The SMILES string of the molecule is CC(C)(C)C(=O)O[C@@H]1[C@H](OC(=O)CBr)[C@@H](Sc2ccccc2)O[C@@H]2CO[C@@H](c3ccccc3)O[C@@H]12. The summed E-state index contributed by atoms with van der Waals surface area (Å²) in [6.07, 6.45) is -3.66. The van der Waals surface area contributed by atoms with E-state index in [-0.39, 0.29) is 11.9 Å². The molecule has 0 N–H and O–H groups in total. The highest BCUT2D eigenvalue weighted by Crippen LogP contribution is 2.41. The number of alkyl halides is 1. The van der Waals surface area contributed by atoms with Gasteiger partial charge in [-0.25, -0.2) is 0 Å². The quantitative estimate of drug-likeness (QED) is 0.362. The van der Waals surface area contributed by atoms with Crippen molar-refractivity contribution in [2.75, 3.05) is 11.9 Å². The second kappa shape index (κ2) is 11.4. The molecule has 0 radical (unpaired) electrons. The Labute approximate surface area is 217 Å². The highest BCUT2D eigenvalue weighted by atomic mass is 79.9. The number of hydrogen-bond acceptors (Lipinski definition) is 8. The molecular formula is C26H29BrO7S. The molecule has 2 saturated heterocycles. The van der Waals surface area contributed by atoms with Crippen LogP contribution in [0.4, 0.5) is 0 Å². The third kappa shape index (κ3) is 6.46. The van der Waals surface area contributed by atoms with E-state index in [0.717, 1.165) is 10.5 Å². The number of hydrogen-bond donors (Lipinski definition) is 0. The summed E-state index contributed by atoms with van der Waals surface area (Å²) >= 11 is 4.56. The molecule has 6 atom stereocenters. The Morgan fingerprint density at radius 2 is 1.63 bits per heavy atom. The van der Waals surface area contributed by atoms with E-state index in [4.69, 9.17) is 23.7 Å². The van der Waals surface area contributed by atoms with Crippen LogP contribution in [-0.4, -0.2) is 53.7 Å². The summed E-state index contributed by atoms with van der Waals surface area (Å²) in [6, 6.07) is 19.2. The van der Waals surface area contributed by atoms with E-state index in [0.29, 0.717) is 0 Å². The zero-order chi connectivity index (χ0) is 25.0. The van der Waals surface area contributed by atoms with E-state index < -0.39 is 53.5 Å². The first kappa shape index (κ1) is 26.2. The molecule has 2 aromatic carbocycles. The second-order valence-corrected chi connectivity index (χ2v) is 11.1. The van der Waals surface area contributed by atoms with Crippen LogP contribution in [-0.2, 0) is 33.3 Å². The average Bonchev–Trinajstić information content (AvgIpc) is 2.86. The van der Waals surface area contributed by atoms with Crippen molar-refractivity contribution in [3.63, 3.8) is 0 Å². The van der Waals surface area contributed by atoms with E-state index in [9.17, 15) is 9.59 Å². The number of rotatable bonds is 6. The standard InChI is InChI=1S/C26H29BrO7S/c1-26(2,3)25(29)34-21-20-18(15-30-23(33-20)16-10-6-4-7-11-16)31-24(22(21)32-19(28)14-27)35-17-12-8-5-9-13-17/h4-13,18,20-24H,14-15H2,1-3H3/t18-,20-,21+,22+,23-,24-/m1/s1. The Bertz CT molecular complexity index is 998. The minimum atomic E-state index is -0.896. The molecule has 188 valence electrons. The lowest BCUT2D eigenvalue weighted by Crippen LogP contribution is -2.63. The van der Waals surface area contributed by atoms with Gasteiger partial charge in [0.05, 0.1) is 12.0 Å². The van der Waals surface area contributed by atoms with E-state index in [1.165, 1.54) is 11.8 Å². The fraction of sp³-hybridized carbons (Fsp3) is 0.462. The van der Waals surface area contributed by atoms with Gasteiger partial charge in [-0.05, 0) is 32.9 Å². The van der Waals surface area contributed by atoms with Crippen LogP contribution < -0.4 is 0 Å². The molecule has 2 aromatic rings. The smallest absolute Gasteiger partial charge is 0.317 e. The van der Waals surface area contributed by atoms with Crippen LogP contribution in [0, 0.1) is 5.41 Å². The van der Waals surface area contributed by atoms with Crippen LogP contribution >= 0.6 is 27.7 Å². The van der Waals surface area contributed by atoms with E-state index in [1.807, 2.05) is 60.7 Å². The van der Waals surface area contributed by atoms with Crippen LogP contribution in [0.15, 0.2) is 65.6 Å². The van der Waals surface area contributed by atoms with Crippen molar-refractivity contribution in [3.05, 3.63) is 66.2 Å². The first-order valence-corrected chi connectivity index (χ1v) is 13.4. The first-order chi connectivity index (χ1) is 16.8. The average molecular weight is 565 g/mol. The molecule has 0 unspecified atom stereocenters. The van der Waals surface area contributed by atoms with Gasteiger partial charge in [-0.2, -0.15) is 0 Å². The summed E-state index contributed by atoms with van der Waals surface area (Å²) in [6.45, 7) is 5.57. The fourth-order valence-electron chi connectivity index (χ4n) is 3.80. The summed E-state index contributed by atoms with van der Waals surface area (Å²) in [5.74, 6) is -0.906. The van der Waals surface area contributed by atoms with Crippen LogP contribution in [0.5, 0.6) is 0 Å². The predicted octanol–water partition coefficient (Wildman–Crippen LogP) is 4.88. The normalized spacial score (nSPS) is 28.6. The Morgan fingerprint density at radius 1 is 0.971 bits per heavy atom. The highest BCUT2D eigenvalue weighted by Gasteiger charge is 2.54. The molecule has 2 heterocycles. The monoisotopic (exact) mass is 564 g/mol. The van der Waals surface area contributed by atoms with Crippen LogP contribution in [0.2, 0.25) is 0 Å². The van der Waals surface area contributed by atoms with Gasteiger partial charge >= 0.3 is 11.9 Å². The molecule has 2 aliphatic rings. The third-order valence-electron chi connectivity index (χ3n) is 5.58. The Hall–Kier alpha value is -1.91. The number of benzene rings is 2. The van der Waals surface area contributed by atoms with Gasteiger partial charge in [0, 0.05) is 10.5 Å². The van der Waals surface area contributed by atoms with Crippen molar-refractivity contribution in [3.8, 4) is 0 Å². The summed E-state index contributed by atoms with van der Waals surface area (Å²) < 4.78 is 30.5. The van der Waals surface area contributed by atoms with Gasteiger partial charge in [0.2, 0.25) is 0 Å². The van der Waals surface area contributed by atoms with E-state index in [1.54, 1.807) is 20.8 Å². The third-order valence-corrected chi connectivity index (χ3v) is 7.20. The fourth-order valence-corrected chi connectivity index (χ4v) is 5.05. The highest BCUT2D eigenvalue weighted by molar-refractivity contribution is 9.09. The molecule has 0 aliphatic carbocycles. The van der Waals surface area contributed by atoms with Crippen molar-refractivity contribution in [2.24, 2.45) is 5.41 Å². The molecule has 2 aliphatic heterocycles. The summed E-state index contributed by atoms with van der Waals surface area (Å²) in [4.78, 5) is 26.4. The number of halogens is 1. The Morgan fingerprint density at radius 3 is 2.26 bits per heavy atom. The topological polar surface area (TPSA) is 80.3 Å². The van der Waals surface area contributed by atoms with E-state index in [2.05, 4.69) is 15.9 Å². The molecule has 7 nitrogen and oxygen atoms in total. The van der Waals surface area contributed by atoms with Gasteiger partial charge in [-0.15, -0.1) is 0 Å². The molecule has 0 spiro atoms. The van der Waals surface area contributed by atoms with Crippen molar-refractivity contribution >= 4 is 39.6 Å². The van der Waals surface area contributed by atoms with Crippen LogP contribution in [0.25, 0.3) is 0 Å². The zero-order valence-corrected chi connectivity index (χ0v) is 22.2. The number of carbonyl (C=O) groups excluding carboxylic acids is 2. The molecule has 2 fully saturated rings. The molecule has 0 aromatic heterocycles. The van der Waals surface area contributed by atoms with Crippen LogP contribution in [0.3, 0.4) is 0 Å². The van der Waals surface area contributed by atoms with Crippen molar-refractivity contribution in [1.29, 1.82) is 0 Å². The first-order valence-electron chi connectivity index (χ1n) is 11.4. The lowest BCUT2D eigenvalue weighted by atomic mass is 9.95. The van der Waals surface area contributed by atoms with Gasteiger partial charge in [-0.3, -0.25) is 9.59 Å². The number of ether oxygens (including phenoxy) is 5. The summed E-state index contributed by atoms with van der Waals surface area (Å²) in [5, 5.41) is -0.00311. The maximum absolute atomic E-state index is 13.0. The number of thioether (sulfide) groups is 1. The van der Waals surface area contributed by atoms with Gasteiger partial charge in [0.15, 0.2) is 18.5 Å². The largest absolute Gasteiger partial charge is 0.455 e. The maximum atomic E-state index is 13.0. The molecule has 9 heteroatoms. The summed E-state index contributed by atoms with van der Waals surface area (Å²) in [7, 11) is 0. The lowest BCUT2D eigenvalue weighted by molar-refractivity contribution is -0.321. The number of esters is 2. The van der Waals surface area contributed by atoms with Crippen molar-refractivity contribution in [2.45, 2.75) is 61.8 Å². The Kier molecular flexibility index (Phi) is 8.54. The van der Waals surface area contributed by atoms with Gasteiger partial charge in [0.1, 0.15) is 23.0 Å². The maximum Gasteiger partial charge on any atom is 0.317 e. The summed E-state index contributed by atoms with van der Waals surface area (Å²) in [5.41, 5.74) is -0.564. The number of fused-ring (bicyclic) bond motifs is 1. The predicted molar refractivity (Wildman–Crippen MR) is 134 cm³/mol. The molecule has 0 saturated carbocycles. The molecule has 35 heavy (non-hydrogen) atoms. The molecular weight excluding hydrogens is 536 g/mol. The molecule has 4 rings (SSSR count). The zero-order valence-electron chi connectivity index (χ0n) is 19.8. The minimum Gasteiger partial charge on any atom is -0.455 e. The van der Waals surface area contributed by atoms with Gasteiger partial charge in [-0.1, -0.05) is 76.2 Å². The van der Waals surface area contributed by atoms with Crippen LogP contribution in [0.1, 0.15) is 32.6 Å². The van der Waals surface area contributed by atoms with Crippen molar-refractivity contribution in [1.82, 2.24) is 0 Å². The Balaban J connectivity index is 1.67.